The smallest absolute Gasteiger partial charge is 0.412 e. The van der Waals surface area contributed by atoms with Crippen LogP contribution in [0.2, 0.25) is 0 Å². The van der Waals surface area contributed by atoms with Gasteiger partial charge in [-0.15, -0.1) is 0 Å². The molecule has 0 aliphatic rings. The van der Waals surface area contributed by atoms with E-state index in [4.69, 9.17) is 4.55 Å². The van der Waals surface area contributed by atoms with E-state index in [-0.39, 0.29) is 4.90 Å². The van der Waals surface area contributed by atoms with E-state index in [1.807, 2.05) is 0 Å². The summed E-state index contributed by atoms with van der Waals surface area (Å²) in [5.74, 6) is -14.1. The Morgan fingerprint density at radius 3 is 1.83 bits per heavy atom. The number of carbonyl (C=O) groups is 2. The van der Waals surface area contributed by atoms with Crippen molar-refractivity contribution in [2.75, 3.05) is 20.7 Å². The molecule has 1 N–H and O–H groups in total. The van der Waals surface area contributed by atoms with Crippen molar-refractivity contribution in [2.24, 2.45) is 0 Å². The summed E-state index contributed by atoms with van der Waals surface area (Å²) in [7, 11) is -5.14. The third kappa shape index (κ3) is 5.57. The second kappa shape index (κ2) is 8.43. The summed E-state index contributed by atoms with van der Waals surface area (Å²) in [6, 6.07) is 0. The number of carbonyl (C=O) groups excluding carboxylic acids is 2. The third-order valence-corrected chi connectivity index (χ3v) is 4.06. The highest BCUT2D eigenvalue weighted by Gasteiger charge is 2.68. The zero-order valence-electron chi connectivity index (χ0n) is 15.0. The van der Waals surface area contributed by atoms with Gasteiger partial charge in [0.2, 0.25) is 0 Å². The summed E-state index contributed by atoms with van der Waals surface area (Å²) >= 11 is 0. The van der Waals surface area contributed by atoms with Gasteiger partial charge in [-0.25, -0.2) is 4.79 Å². The molecule has 1 atom stereocenters. The fraction of sp³-hybridized carbons (Fsp3) is 0.692. The maximum Gasteiger partial charge on any atom is 0.466 e. The monoisotopic (exact) mass is 463 g/mol. The number of alkyl halides is 7. The van der Waals surface area contributed by atoms with Gasteiger partial charge in [0.15, 0.2) is 0 Å². The topological polar surface area (TPSA) is 110 Å². The van der Waals surface area contributed by atoms with Gasteiger partial charge in [-0.05, 0) is 6.92 Å². The minimum Gasteiger partial charge on any atom is -0.412 e. The summed E-state index contributed by atoms with van der Waals surface area (Å²) in [5.41, 5.74) is -0.656. The van der Waals surface area contributed by atoms with E-state index in [0.717, 1.165) is 21.0 Å². The molecule has 0 saturated heterocycles. The Bertz CT molecular complexity index is 764. The standard InChI is InChI=1S/C13H16F7NO7S/c1-7(2)8(22)28-11(12(16,17)18,9(23)21(3)4)27-6-5-10(14,15)13(19,20)29(24,25)26/h1,5-6H2,2-4H3,(H,24,25,26). The van der Waals surface area contributed by atoms with Crippen LogP contribution < -0.4 is 0 Å². The van der Waals surface area contributed by atoms with Crippen LogP contribution in [0.4, 0.5) is 30.7 Å². The van der Waals surface area contributed by atoms with Crippen LogP contribution in [0.1, 0.15) is 13.3 Å². The van der Waals surface area contributed by atoms with Gasteiger partial charge in [-0.2, -0.15) is 39.2 Å². The molecule has 0 rings (SSSR count). The molecule has 0 spiro atoms. The molecule has 16 heteroatoms. The van der Waals surface area contributed by atoms with Crippen molar-refractivity contribution in [3.8, 4) is 0 Å². The molecular weight excluding hydrogens is 447 g/mol. The SMILES string of the molecule is C=C(C)C(=O)OC(OCCC(F)(F)C(F)(F)S(=O)(=O)O)(C(=O)N(C)C)C(F)(F)F. The Morgan fingerprint density at radius 1 is 1.07 bits per heavy atom. The van der Waals surface area contributed by atoms with Crippen LogP contribution in [-0.4, -0.2) is 73.6 Å². The van der Waals surface area contributed by atoms with E-state index in [2.05, 4.69) is 16.1 Å². The Labute approximate surface area is 160 Å². The third-order valence-electron chi connectivity index (χ3n) is 3.12. The summed E-state index contributed by atoms with van der Waals surface area (Å²) < 4.78 is 131. The van der Waals surface area contributed by atoms with Crippen molar-refractivity contribution in [3.05, 3.63) is 12.2 Å². The first-order valence-corrected chi connectivity index (χ1v) is 8.62. The molecule has 0 saturated carbocycles. The number of amides is 1. The fourth-order valence-corrected chi connectivity index (χ4v) is 2.04. The van der Waals surface area contributed by atoms with Gasteiger partial charge in [-0.1, -0.05) is 6.58 Å². The summed E-state index contributed by atoms with van der Waals surface area (Å²) in [6.45, 7) is 1.81. The molecule has 0 radical (unpaired) electrons. The first-order chi connectivity index (χ1) is 12.6. The number of halogens is 7. The van der Waals surface area contributed by atoms with E-state index in [9.17, 15) is 48.7 Å². The normalized spacial score (nSPS) is 15.4. The van der Waals surface area contributed by atoms with Gasteiger partial charge in [0.25, 0.3) is 0 Å². The second-order valence-corrected chi connectivity index (χ2v) is 7.24. The number of nitrogens with zero attached hydrogens (tertiary/aromatic N) is 1. The highest BCUT2D eigenvalue weighted by molar-refractivity contribution is 7.87. The first kappa shape index (κ1) is 27.1. The van der Waals surface area contributed by atoms with Crippen molar-refractivity contribution in [1.29, 1.82) is 0 Å². The summed E-state index contributed by atoms with van der Waals surface area (Å²) in [4.78, 5) is 23.7. The Hall–Kier alpha value is -1.94. The maximum absolute atomic E-state index is 13.5. The predicted molar refractivity (Wildman–Crippen MR) is 80.4 cm³/mol. The second-order valence-electron chi connectivity index (χ2n) is 5.78. The van der Waals surface area contributed by atoms with Crippen LogP contribution in [0.5, 0.6) is 0 Å². The number of esters is 1. The highest BCUT2D eigenvalue weighted by Crippen LogP contribution is 2.42. The van der Waals surface area contributed by atoms with Crippen molar-refractivity contribution in [3.63, 3.8) is 0 Å². The van der Waals surface area contributed by atoms with E-state index in [0.29, 0.717) is 0 Å². The molecule has 0 aromatic heterocycles. The largest absolute Gasteiger partial charge is 0.466 e. The van der Waals surface area contributed by atoms with Crippen LogP contribution in [0.15, 0.2) is 12.2 Å². The molecule has 0 aromatic rings. The number of hydrogen-bond donors (Lipinski definition) is 1. The predicted octanol–water partition coefficient (Wildman–Crippen LogP) is 1.98. The molecule has 170 valence electrons. The quantitative estimate of drug-likeness (QED) is 0.183. The number of hydrogen-bond acceptors (Lipinski definition) is 6. The highest BCUT2D eigenvalue weighted by atomic mass is 32.2. The molecule has 0 aliphatic carbocycles. The van der Waals surface area contributed by atoms with E-state index < -0.39 is 63.7 Å². The molecular formula is C13H16F7NO7S. The molecule has 0 aliphatic heterocycles. The fourth-order valence-electron chi connectivity index (χ4n) is 1.56. The van der Waals surface area contributed by atoms with Gasteiger partial charge in [0.05, 0.1) is 6.61 Å². The lowest BCUT2D eigenvalue weighted by Crippen LogP contribution is -2.61. The summed E-state index contributed by atoms with van der Waals surface area (Å²) in [6.07, 6.45) is -8.29. The van der Waals surface area contributed by atoms with E-state index >= 15 is 0 Å². The van der Waals surface area contributed by atoms with Crippen LogP contribution in [0, 0.1) is 0 Å². The van der Waals surface area contributed by atoms with Gasteiger partial charge in [0, 0.05) is 26.1 Å². The Kier molecular flexibility index (Phi) is 7.87. The zero-order valence-corrected chi connectivity index (χ0v) is 15.8. The lowest BCUT2D eigenvalue weighted by atomic mass is 10.2. The molecule has 29 heavy (non-hydrogen) atoms. The number of rotatable bonds is 9. The minimum atomic E-state index is -6.65. The zero-order chi connectivity index (χ0) is 23.6. The van der Waals surface area contributed by atoms with Crippen LogP contribution in [0.3, 0.4) is 0 Å². The average molecular weight is 463 g/mol. The molecule has 8 nitrogen and oxygen atoms in total. The molecule has 0 aromatic carbocycles. The first-order valence-electron chi connectivity index (χ1n) is 7.18. The molecule has 0 bridgehead atoms. The van der Waals surface area contributed by atoms with Crippen molar-refractivity contribution in [1.82, 2.24) is 4.90 Å². The van der Waals surface area contributed by atoms with Crippen LogP contribution in [0.25, 0.3) is 0 Å². The molecule has 1 unspecified atom stereocenters. The van der Waals surface area contributed by atoms with E-state index in [1.165, 1.54) is 0 Å². The summed E-state index contributed by atoms with van der Waals surface area (Å²) in [5, 5.41) is -6.08. The number of ether oxygens (including phenoxy) is 2. The van der Waals surface area contributed by atoms with Gasteiger partial charge < -0.3 is 14.4 Å². The van der Waals surface area contributed by atoms with Gasteiger partial charge in [0.1, 0.15) is 0 Å². The Balaban J connectivity index is 6.00. The molecule has 0 heterocycles. The average Bonchev–Trinajstić information content (AvgIpc) is 2.50. The van der Waals surface area contributed by atoms with Crippen molar-refractivity contribution >= 4 is 22.0 Å². The molecule has 0 fully saturated rings. The lowest BCUT2D eigenvalue weighted by Gasteiger charge is -2.35. The number of likely N-dealkylation sites (N-methyl/N-ethyl adjacent to an activating group) is 1. The van der Waals surface area contributed by atoms with Crippen LogP contribution in [-0.2, 0) is 29.2 Å². The van der Waals surface area contributed by atoms with E-state index in [1.54, 1.807) is 0 Å². The van der Waals surface area contributed by atoms with Crippen molar-refractivity contribution in [2.45, 2.75) is 36.5 Å². The Morgan fingerprint density at radius 2 is 1.52 bits per heavy atom. The minimum absolute atomic E-state index is 0.212. The van der Waals surface area contributed by atoms with Gasteiger partial charge >= 0.3 is 45.1 Å². The molecule has 1 amide bonds. The maximum atomic E-state index is 13.5. The van der Waals surface area contributed by atoms with Gasteiger partial charge in [-0.3, -0.25) is 9.35 Å². The van der Waals surface area contributed by atoms with Crippen molar-refractivity contribution < 1.29 is 62.8 Å². The van der Waals surface area contributed by atoms with Crippen LogP contribution >= 0.6 is 0 Å². The lowest BCUT2D eigenvalue weighted by molar-refractivity contribution is -0.352.